The van der Waals surface area contributed by atoms with E-state index in [4.69, 9.17) is 0 Å². The summed E-state index contributed by atoms with van der Waals surface area (Å²) < 4.78 is 0.836. The van der Waals surface area contributed by atoms with Gasteiger partial charge in [-0.3, -0.25) is 14.9 Å². The maximum Gasteiger partial charge on any atom is 0.269 e. The molecule has 0 aliphatic carbocycles. The number of nitro benzene ring substituents is 1. The van der Waals surface area contributed by atoms with Crippen molar-refractivity contribution in [3.8, 4) is 0 Å². The summed E-state index contributed by atoms with van der Waals surface area (Å²) in [5.41, 5.74) is 1.11. The number of halogens is 1. The average Bonchev–Trinajstić information content (AvgIpc) is 2.45. The average molecular weight is 367 g/mol. The Morgan fingerprint density at radius 1 is 1.29 bits per heavy atom. The van der Waals surface area contributed by atoms with E-state index >= 15 is 0 Å². The molecule has 0 aliphatic heterocycles. The molecule has 0 bridgehead atoms. The molecule has 0 aromatic heterocycles. The maximum atomic E-state index is 12.1. The molecule has 2 aromatic carbocycles. The SMILES string of the molecule is O=C(NCc1cccc([N+](=O)[O-])c1)c1ccc(Br)cc1S. The van der Waals surface area contributed by atoms with E-state index in [9.17, 15) is 14.9 Å². The summed E-state index contributed by atoms with van der Waals surface area (Å²) in [7, 11) is 0. The van der Waals surface area contributed by atoms with Crippen molar-refractivity contribution >= 4 is 40.2 Å². The molecular weight excluding hydrogens is 356 g/mol. The van der Waals surface area contributed by atoms with Crippen LogP contribution in [0, 0.1) is 10.1 Å². The van der Waals surface area contributed by atoms with Crippen LogP contribution in [0.4, 0.5) is 5.69 Å². The Morgan fingerprint density at radius 3 is 2.71 bits per heavy atom. The van der Waals surface area contributed by atoms with E-state index in [1.54, 1.807) is 30.3 Å². The van der Waals surface area contributed by atoms with Crippen LogP contribution in [0.1, 0.15) is 15.9 Å². The standard InChI is InChI=1S/C14H11BrN2O3S/c15-10-4-5-12(13(21)7-10)14(18)16-8-9-2-1-3-11(6-9)17(19)20/h1-7,21H,8H2,(H,16,18). The number of thiol groups is 1. The zero-order valence-corrected chi connectivity index (χ0v) is 13.2. The summed E-state index contributed by atoms with van der Waals surface area (Å²) in [6.07, 6.45) is 0. The third-order valence-corrected chi connectivity index (χ3v) is 3.64. The molecule has 7 heteroatoms. The van der Waals surface area contributed by atoms with Gasteiger partial charge in [0.05, 0.1) is 10.5 Å². The summed E-state index contributed by atoms with van der Waals surface area (Å²) >= 11 is 7.55. The van der Waals surface area contributed by atoms with Crippen LogP contribution in [0.25, 0.3) is 0 Å². The van der Waals surface area contributed by atoms with Gasteiger partial charge in [0.2, 0.25) is 0 Å². The first kappa shape index (κ1) is 15.5. The van der Waals surface area contributed by atoms with Gasteiger partial charge < -0.3 is 5.32 Å². The summed E-state index contributed by atoms with van der Waals surface area (Å²) in [6, 6.07) is 11.3. The Balaban J connectivity index is 2.07. The lowest BCUT2D eigenvalue weighted by Gasteiger charge is -2.07. The number of hydrogen-bond donors (Lipinski definition) is 2. The second-order valence-electron chi connectivity index (χ2n) is 4.27. The number of nitrogens with zero attached hydrogens (tertiary/aromatic N) is 1. The molecule has 0 saturated heterocycles. The summed E-state index contributed by atoms with van der Waals surface area (Å²) in [6.45, 7) is 0.212. The Hall–Kier alpha value is -1.86. The predicted molar refractivity (Wildman–Crippen MR) is 85.7 cm³/mol. The highest BCUT2D eigenvalue weighted by Gasteiger charge is 2.10. The fourth-order valence-corrected chi connectivity index (χ4v) is 2.61. The second-order valence-corrected chi connectivity index (χ2v) is 5.67. The Labute approximate surface area is 135 Å². The normalized spacial score (nSPS) is 10.2. The van der Waals surface area contributed by atoms with Gasteiger partial charge in [-0.25, -0.2) is 0 Å². The quantitative estimate of drug-likeness (QED) is 0.493. The summed E-state index contributed by atoms with van der Waals surface area (Å²) in [4.78, 5) is 22.8. The molecule has 0 heterocycles. The van der Waals surface area contributed by atoms with Crippen molar-refractivity contribution in [3.05, 3.63) is 68.2 Å². The molecule has 0 spiro atoms. The third-order valence-electron chi connectivity index (χ3n) is 2.78. The molecule has 108 valence electrons. The highest BCUT2D eigenvalue weighted by Crippen LogP contribution is 2.20. The van der Waals surface area contributed by atoms with Crippen molar-refractivity contribution < 1.29 is 9.72 Å². The zero-order valence-electron chi connectivity index (χ0n) is 10.7. The first-order valence-electron chi connectivity index (χ1n) is 5.97. The fraction of sp³-hybridized carbons (Fsp3) is 0.0714. The van der Waals surface area contributed by atoms with Gasteiger partial charge in [0.1, 0.15) is 0 Å². The van der Waals surface area contributed by atoms with Gasteiger partial charge >= 0.3 is 0 Å². The van der Waals surface area contributed by atoms with Crippen molar-refractivity contribution in [1.29, 1.82) is 0 Å². The highest BCUT2D eigenvalue weighted by molar-refractivity contribution is 9.10. The van der Waals surface area contributed by atoms with Crippen LogP contribution >= 0.6 is 28.6 Å². The largest absolute Gasteiger partial charge is 0.348 e. The second kappa shape index (κ2) is 6.73. The van der Waals surface area contributed by atoms with Crippen LogP contribution in [-0.4, -0.2) is 10.8 Å². The van der Waals surface area contributed by atoms with Crippen molar-refractivity contribution in [2.24, 2.45) is 0 Å². The molecule has 0 unspecified atom stereocenters. The van der Waals surface area contributed by atoms with Gasteiger partial charge in [-0.05, 0) is 23.8 Å². The van der Waals surface area contributed by atoms with Gasteiger partial charge in [0, 0.05) is 28.0 Å². The number of nitro groups is 1. The minimum Gasteiger partial charge on any atom is -0.348 e. The Bertz CT molecular complexity index is 706. The molecular formula is C14H11BrN2O3S. The Morgan fingerprint density at radius 2 is 2.05 bits per heavy atom. The smallest absolute Gasteiger partial charge is 0.269 e. The van der Waals surface area contributed by atoms with E-state index < -0.39 is 4.92 Å². The minimum atomic E-state index is -0.466. The lowest BCUT2D eigenvalue weighted by molar-refractivity contribution is -0.384. The van der Waals surface area contributed by atoms with E-state index in [1.807, 2.05) is 0 Å². The van der Waals surface area contributed by atoms with E-state index in [-0.39, 0.29) is 18.1 Å². The van der Waals surface area contributed by atoms with Crippen molar-refractivity contribution in [1.82, 2.24) is 5.32 Å². The number of benzene rings is 2. The number of carbonyl (C=O) groups is 1. The van der Waals surface area contributed by atoms with Gasteiger partial charge in [-0.15, -0.1) is 12.6 Å². The van der Waals surface area contributed by atoms with Crippen LogP contribution in [0.5, 0.6) is 0 Å². The van der Waals surface area contributed by atoms with Gasteiger partial charge in [-0.1, -0.05) is 28.1 Å². The zero-order chi connectivity index (χ0) is 15.4. The number of carbonyl (C=O) groups excluding carboxylic acids is 1. The monoisotopic (exact) mass is 366 g/mol. The van der Waals surface area contributed by atoms with Gasteiger partial charge in [0.15, 0.2) is 0 Å². The van der Waals surface area contributed by atoms with E-state index in [1.165, 1.54) is 12.1 Å². The maximum absolute atomic E-state index is 12.1. The predicted octanol–water partition coefficient (Wildman–Crippen LogP) is 3.58. The molecule has 0 aliphatic rings. The summed E-state index contributed by atoms with van der Waals surface area (Å²) in [5, 5.41) is 13.4. The van der Waals surface area contributed by atoms with Gasteiger partial charge in [-0.2, -0.15) is 0 Å². The number of hydrogen-bond acceptors (Lipinski definition) is 4. The molecule has 0 radical (unpaired) electrons. The van der Waals surface area contributed by atoms with Crippen LogP contribution in [-0.2, 0) is 6.54 Å². The first-order valence-corrected chi connectivity index (χ1v) is 7.21. The Kier molecular flexibility index (Phi) is 4.98. The van der Waals surface area contributed by atoms with Crippen molar-refractivity contribution in [2.45, 2.75) is 11.4 Å². The lowest BCUT2D eigenvalue weighted by Crippen LogP contribution is -2.23. The molecule has 2 rings (SSSR count). The molecule has 2 aromatic rings. The van der Waals surface area contributed by atoms with Crippen LogP contribution in [0.2, 0.25) is 0 Å². The number of nitrogens with one attached hydrogen (secondary N) is 1. The highest BCUT2D eigenvalue weighted by atomic mass is 79.9. The van der Waals surface area contributed by atoms with Crippen LogP contribution < -0.4 is 5.32 Å². The van der Waals surface area contributed by atoms with Gasteiger partial charge in [0.25, 0.3) is 11.6 Å². The van der Waals surface area contributed by atoms with E-state index in [2.05, 4.69) is 33.9 Å². The van der Waals surface area contributed by atoms with Crippen LogP contribution in [0.3, 0.4) is 0 Å². The van der Waals surface area contributed by atoms with Crippen molar-refractivity contribution in [3.63, 3.8) is 0 Å². The molecule has 0 saturated carbocycles. The van der Waals surface area contributed by atoms with E-state index in [0.29, 0.717) is 16.0 Å². The number of rotatable bonds is 4. The molecule has 0 atom stereocenters. The molecule has 1 N–H and O–H groups in total. The summed E-state index contributed by atoms with van der Waals surface area (Å²) in [5.74, 6) is -0.279. The molecule has 21 heavy (non-hydrogen) atoms. The fourth-order valence-electron chi connectivity index (χ4n) is 1.75. The van der Waals surface area contributed by atoms with Crippen LogP contribution in [0.15, 0.2) is 51.8 Å². The first-order chi connectivity index (χ1) is 9.97. The molecule has 5 nitrogen and oxygen atoms in total. The molecule has 0 fully saturated rings. The lowest BCUT2D eigenvalue weighted by atomic mass is 10.2. The van der Waals surface area contributed by atoms with Crippen molar-refractivity contribution in [2.75, 3.05) is 0 Å². The third kappa shape index (κ3) is 4.05. The van der Waals surface area contributed by atoms with E-state index in [0.717, 1.165) is 4.47 Å². The molecule has 1 amide bonds. The minimum absolute atomic E-state index is 0.000255. The number of non-ortho nitro benzene ring substituents is 1. The number of amides is 1. The topological polar surface area (TPSA) is 72.2 Å².